The molecule has 1 heterocycles. The van der Waals surface area contributed by atoms with E-state index in [2.05, 4.69) is 72.4 Å². The normalized spacial score (nSPS) is 15.0. The number of hydrazone groups is 1. The number of nitrogens with zero attached hydrogens (tertiary/aromatic N) is 2. The predicted octanol–water partition coefficient (Wildman–Crippen LogP) is 4.87. The number of nitrogens with one attached hydrogen (secondary N) is 3. The molecule has 240 valence electrons. The molecule has 2 amide bonds. The van der Waals surface area contributed by atoms with Crippen molar-refractivity contribution >= 4 is 63.4 Å². The van der Waals surface area contributed by atoms with E-state index in [0.29, 0.717) is 52.8 Å². The van der Waals surface area contributed by atoms with Gasteiger partial charge in [-0.15, -0.1) is 0 Å². The Morgan fingerprint density at radius 3 is 2.59 bits per heavy atom. The molecule has 1 aliphatic rings. The molecule has 4 rings (SSSR count). The first-order valence-corrected chi connectivity index (χ1v) is 16.1. The van der Waals surface area contributed by atoms with Crippen LogP contribution in [0.1, 0.15) is 42.1 Å². The summed E-state index contributed by atoms with van der Waals surface area (Å²) in [6.45, 7) is 3.90. The number of carbonyl (C=O) groups excluding carboxylic acids is 2. The van der Waals surface area contributed by atoms with Gasteiger partial charge in [-0.05, 0) is 107 Å². The molecule has 12 nitrogen and oxygen atoms in total. The van der Waals surface area contributed by atoms with Gasteiger partial charge in [0, 0.05) is 14.8 Å². The van der Waals surface area contributed by atoms with Gasteiger partial charge in [0.25, 0.3) is 0 Å². The highest BCUT2D eigenvalue weighted by atomic mass is 127. The molecule has 0 aliphatic carbocycles. The number of hydrogen-bond donors (Lipinski definition) is 4. The third-order valence-electron chi connectivity index (χ3n) is 6.60. The summed E-state index contributed by atoms with van der Waals surface area (Å²) in [5.41, 5.74) is 6.09. The summed E-state index contributed by atoms with van der Waals surface area (Å²) in [5, 5.41) is 29.1. The SMILES string of the molecule is CCOc1cc([C@H]2NC(=O)NC(C)=C2C(=O)OC)ccc1OC[C@@H](O)N/N=C/c1cc(I)cc(I)c1OCc1ccc(C#N)cc1. The Bertz CT molecular complexity index is 1690. The molecule has 4 N–H and O–H groups in total. The number of nitriles is 1. The third-order valence-corrected chi connectivity index (χ3v) is 8.03. The lowest BCUT2D eigenvalue weighted by molar-refractivity contribution is -0.136. The summed E-state index contributed by atoms with van der Waals surface area (Å²) in [7, 11) is 1.27. The second-order valence-electron chi connectivity index (χ2n) is 9.82. The molecule has 46 heavy (non-hydrogen) atoms. The predicted molar refractivity (Wildman–Crippen MR) is 186 cm³/mol. The number of halogens is 2. The summed E-state index contributed by atoms with van der Waals surface area (Å²) in [4.78, 5) is 24.7. The minimum Gasteiger partial charge on any atom is -0.490 e. The number of esters is 1. The van der Waals surface area contributed by atoms with Crippen molar-refractivity contribution in [2.75, 3.05) is 20.3 Å². The zero-order valence-corrected chi connectivity index (χ0v) is 29.4. The van der Waals surface area contributed by atoms with Gasteiger partial charge in [0.2, 0.25) is 0 Å². The van der Waals surface area contributed by atoms with Crippen molar-refractivity contribution in [3.8, 4) is 23.3 Å². The zero-order valence-electron chi connectivity index (χ0n) is 25.1. The van der Waals surface area contributed by atoms with Crippen LogP contribution in [0.2, 0.25) is 0 Å². The fraction of sp³-hybridized carbons (Fsp3) is 0.250. The monoisotopic (exact) mass is 851 g/mol. The van der Waals surface area contributed by atoms with Crippen molar-refractivity contribution in [1.82, 2.24) is 16.1 Å². The van der Waals surface area contributed by atoms with E-state index < -0.39 is 24.3 Å². The van der Waals surface area contributed by atoms with Crippen molar-refractivity contribution in [2.24, 2.45) is 5.10 Å². The smallest absolute Gasteiger partial charge is 0.337 e. The summed E-state index contributed by atoms with van der Waals surface area (Å²) in [6, 6.07) is 17.0. The highest BCUT2D eigenvalue weighted by molar-refractivity contribution is 14.1. The van der Waals surface area contributed by atoms with Crippen LogP contribution in [0.3, 0.4) is 0 Å². The molecule has 0 aromatic heterocycles. The van der Waals surface area contributed by atoms with Crippen LogP contribution in [-0.2, 0) is 16.1 Å². The topological polar surface area (TPSA) is 164 Å². The van der Waals surface area contributed by atoms with Gasteiger partial charge in [0.15, 0.2) is 17.7 Å². The van der Waals surface area contributed by atoms with Gasteiger partial charge in [-0.2, -0.15) is 10.4 Å². The standard InChI is InChI=1S/C32H31I2N5O7/c1-4-44-26-12-21(29-28(31(41)43-3)18(2)37-32(42)38-29)9-10-25(26)45-17-27(40)39-36-15-22-11-23(33)13-24(34)30(22)46-16-20-7-5-19(14-35)6-8-20/h5-13,15,27,29,39-40H,4,16-17H2,1-3H3,(H2,37,38,42)/b36-15+/t27-,29-/m1/s1. The number of aliphatic hydroxyl groups excluding tert-OH is 1. The van der Waals surface area contributed by atoms with E-state index >= 15 is 0 Å². The van der Waals surface area contributed by atoms with Gasteiger partial charge in [0.05, 0.1) is 46.7 Å². The Hall–Kier alpha value is -4.08. The van der Waals surface area contributed by atoms with Crippen molar-refractivity contribution in [3.63, 3.8) is 0 Å². The molecule has 0 radical (unpaired) electrons. The maximum absolute atomic E-state index is 12.5. The van der Waals surface area contributed by atoms with Crippen LogP contribution in [0.15, 0.2) is 71.0 Å². The largest absolute Gasteiger partial charge is 0.490 e. The third kappa shape index (κ3) is 9.01. The molecule has 0 saturated carbocycles. The molecule has 3 aromatic carbocycles. The number of urea groups is 1. The number of carbonyl (C=O) groups is 2. The van der Waals surface area contributed by atoms with Gasteiger partial charge in [-0.25, -0.2) is 9.59 Å². The van der Waals surface area contributed by atoms with Crippen LogP contribution in [0.5, 0.6) is 17.2 Å². The number of amides is 2. The molecule has 0 spiro atoms. The molecule has 0 saturated heterocycles. The Labute approximate surface area is 293 Å². The van der Waals surface area contributed by atoms with Crippen molar-refractivity contribution in [1.29, 1.82) is 5.26 Å². The first-order valence-electron chi connectivity index (χ1n) is 14.0. The van der Waals surface area contributed by atoms with Gasteiger partial charge >= 0.3 is 12.0 Å². The maximum atomic E-state index is 12.5. The lowest BCUT2D eigenvalue weighted by Crippen LogP contribution is -2.45. The van der Waals surface area contributed by atoms with E-state index in [0.717, 1.165) is 12.7 Å². The van der Waals surface area contributed by atoms with Crippen LogP contribution in [0, 0.1) is 18.5 Å². The molecule has 0 unspecified atom stereocenters. The molecule has 1 aliphatic heterocycles. The summed E-state index contributed by atoms with van der Waals surface area (Å²) in [5.74, 6) is 0.769. The van der Waals surface area contributed by atoms with E-state index in [1.165, 1.54) is 7.11 Å². The van der Waals surface area contributed by atoms with Gasteiger partial charge in [-0.3, -0.25) is 5.43 Å². The van der Waals surface area contributed by atoms with Crippen LogP contribution in [-0.4, -0.2) is 49.9 Å². The summed E-state index contributed by atoms with van der Waals surface area (Å²) < 4.78 is 24.5. The fourth-order valence-electron chi connectivity index (χ4n) is 4.47. The lowest BCUT2D eigenvalue weighted by atomic mass is 9.95. The molecular formula is C32H31I2N5O7. The van der Waals surface area contributed by atoms with Gasteiger partial charge in [-0.1, -0.05) is 18.2 Å². The number of aliphatic hydroxyl groups is 1. The molecule has 14 heteroatoms. The number of rotatable bonds is 13. The Morgan fingerprint density at radius 2 is 1.89 bits per heavy atom. The Morgan fingerprint density at radius 1 is 1.13 bits per heavy atom. The minimum atomic E-state index is -1.17. The molecule has 0 bridgehead atoms. The molecule has 0 fully saturated rings. The van der Waals surface area contributed by atoms with E-state index in [1.54, 1.807) is 43.5 Å². The summed E-state index contributed by atoms with van der Waals surface area (Å²) >= 11 is 4.41. The van der Waals surface area contributed by atoms with Crippen LogP contribution < -0.4 is 30.3 Å². The average molecular weight is 851 g/mol. The van der Waals surface area contributed by atoms with Crippen LogP contribution in [0.4, 0.5) is 4.79 Å². The Balaban J connectivity index is 1.42. The average Bonchev–Trinajstić information content (AvgIpc) is 3.03. The second-order valence-corrected chi connectivity index (χ2v) is 12.2. The highest BCUT2D eigenvalue weighted by Gasteiger charge is 2.32. The van der Waals surface area contributed by atoms with E-state index in [1.807, 2.05) is 31.2 Å². The first-order chi connectivity index (χ1) is 22.1. The van der Waals surface area contributed by atoms with E-state index in [4.69, 9.17) is 24.2 Å². The Kier molecular flexibility index (Phi) is 12.5. The first kappa shape index (κ1) is 34.8. The molecule has 2 atom stereocenters. The molecule has 3 aromatic rings. The number of ether oxygens (including phenoxy) is 4. The lowest BCUT2D eigenvalue weighted by Gasteiger charge is -2.28. The van der Waals surface area contributed by atoms with Crippen LogP contribution in [0.25, 0.3) is 0 Å². The zero-order chi connectivity index (χ0) is 33.2. The van der Waals surface area contributed by atoms with Crippen molar-refractivity contribution < 1.29 is 33.6 Å². The number of methoxy groups -OCH3 is 1. The summed E-state index contributed by atoms with van der Waals surface area (Å²) in [6.07, 6.45) is 0.388. The fourth-order valence-corrected chi connectivity index (χ4v) is 6.52. The highest BCUT2D eigenvalue weighted by Crippen LogP contribution is 2.35. The van der Waals surface area contributed by atoms with Crippen molar-refractivity contribution in [2.45, 2.75) is 32.7 Å². The van der Waals surface area contributed by atoms with Gasteiger partial charge < -0.3 is 34.7 Å². The van der Waals surface area contributed by atoms with E-state index in [-0.39, 0.29) is 12.2 Å². The maximum Gasteiger partial charge on any atom is 0.337 e. The van der Waals surface area contributed by atoms with E-state index in [9.17, 15) is 14.7 Å². The van der Waals surface area contributed by atoms with Gasteiger partial charge in [0.1, 0.15) is 19.0 Å². The van der Waals surface area contributed by atoms with Crippen molar-refractivity contribution in [3.05, 3.63) is 95.3 Å². The van der Waals surface area contributed by atoms with Crippen LogP contribution >= 0.6 is 45.2 Å². The number of hydrogen-bond acceptors (Lipinski definition) is 10. The quantitative estimate of drug-likeness (QED) is 0.0619. The minimum absolute atomic E-state index is 0.167. The number of benzene rings is 3. The second kappa shape index (κ2) is 16.5. The number of allylic oxidation sites excluding steroid dienone is 1. The molecular weight excluding hydrogens is 820 g/mol.